The highest BCUT2D eigenvalue weighted by Gasteiger charge is 2.64. The summed E-state index contributed by atoms with van der Waals surface area (Å²) < 4.78 is 14.0. The van der Waals surface area contributed by atoms with Gasteiger partial charge in [-0.1, -0.05) is 26.8 Å². The fourth-order valence-electron chi connectivity index (χ4n) is 4.11. The number of carbonyl (C=O) groups is 1. The summed E-state index contributed by atoms with van der Waals surface area (Å²) in [6.07, 6.45) is 4.05. The highest BCUT2D eigenvalue weighted by Crippen LogP contribution is 2.59. The lowest BCUT2D eigenvalue weighted by atomic mass is 9.72. The van der Waals surface area contributed by atoms with Crippen LogP contribution >= 0.6 is 22.6 Å². The van der Waals surface area contributed by atoms with E-state index < -0.39 is 8.32 Å². The molecule has 3 aliphatic rings. The largest absolute Gasteiger partial charge is 0.458 e. The molecular formula is C17H27IO3Si. The lowest BCUT2D eigenvalue weighted by Crippen LogP contribution is -2.50. The van der Waals surface area contributed by atoms with Crippen LogP contribution in [0.5, 0.6) is 0 Å². The molecule has 0 aromatic carbocycles. The molecule has 0 spiro atoms. The van der Waals surface area contributed by atoms with Gasteiger partial charge in [-0.25, -0.2) is 0 Å². The first-order valence-electron chi connectivity index (χ1n) is 8.22. The molecule has 4 bridgehead atoms. The molecule has 1 heterocycles. The van der Waals surface area contributed by atoms with Crippen molar-refractivity contribution in [1.82, 2.24) is 0 Å². The Balaban J connectivity index is 1.94. The van der Waals surface area contributed by atoms with Crippen molar-refractivity contribution in [3.63, 3.8) is 0 Å². The third kappa shape index (κ3) is 2.42. The maximum absolute atomic E-state index is 12.4. The maximum Gasteiger partial charge on any atom is 0.310 e. The average molecular weight is 434 g/mol. The minimum Gasteiger partial charge on any atom is -0.458 e. The fraction of sp³-hybridized carbons (Fsp3) is 0.824. The Morgan fingerprint density at radius 1 is 1.41 bits per heavy atom. The van der Waals surface area contributed by atoms with E-state index in [0.29, 0.717) is 11.8 Å². The molecule has 0 radical (unpaired) electrons. The summed E-state index contributed by atoms with van der Waals surface area (Å²) in [5.41, 5.74) is -0.376. The first-order valence-corrected chi connectivity index (χ1v) is 12.2. The van der Waals surface area contributed by atoms with Gasteiger partial charge in [0.2, 0.25) is 0 Å². The normalized spacial score (nSPS) is 41.2. The molecule has 2 aliphatic carbocycles. The molecule has 1 saturated carbocycles. The van der Waals surface area contributed by atoms with Crippen LogP contribution < -0.4 is 0 Å². The second-order valence-corrected chi connectivity index (χ2v) is 14.8. The second kappa shape index (κ2) is 5.05. The molecule has 1 saturated heterocycles. The Kier molecular flexibility index (Phi) is 3.90. The van der Waals surface area contributed by atoms with E-state index in [4.69, 9.17) is 9.16 Å². The van der Waals surface area contributed by atoms with Gasteiger partial charge in [0, 0.05) is 18.3 Å². The Bertz CT molecular complexity index is 537. The molecule has 2 fully saturated rings. The number of ether oxygens (including phenoxy) is 1. The maximum atomic E-state index is 12.4. The van der Waals surface area contributed by atoms with Crippen LogP contribution in [0.1, 0.15) is 40.5 Å². The van der Waals surface area contributed by atoms with Gasteiger partial charge in [0.05, 0.1) is 12.0 Å². The van der Waals surface area contributed by atoms with Crippen LogP contribution in [-0.4, -0.2) is 26.0 Å². The first kappa shape index (κ1) is 17.0. The van der Waals surface area contributed by atoms with Crippen molar-refractivity contribution >= 4 is 36.9 Å². The molecule has 3 nitrogen and oxygen atoms in total. The molecule has 0 unspecified atom stereocenters. The van der Waals surface area contributed by atoms with Crippen LogP contribution in [-0.2, 0) is 14.0 Å². The smallest absolute Gasteiger partial charge is 0.310 e. The summed E-state index contributed by atoms with van der Waals surface area (Å²) in [6, 6.07) is 0. The molecule has 0 amide bonds. The van der Waals surface area contributed by atoms with Crippen molar-refractivity contribution in [1.29, 1.82) is 0 Å². The van der Waals surface area contributed by atoms with Crippen molar-refractivity contribution in [2.45, 2.75) is 70.4 Å². The zero-order chi connectivity index (χ0) is 16.5. The third-order valence-corrected chi connectivity index (χ3v) is 11.9. The van der Waals surface area contributed by atoms with Gasteiger partial charge in [-0.2, -0.15) is 0 Å². The summed E-state index contributed by atoms with van der Waals surface area (Å²) in [6.45, 7) is 13.5. The molecule has 5 atom stereocenters. The number of halogens is 1. The lowest BCUT2D eigenvalue weighted by molar-refractivity contribution is -0.178. The standard InChI is InChI=1S/C17H27IO3Si/c1-16(2,3)22(5,6)21-12-9-17(4)14-11(18)8-7-10(13(12)14)15(19)20-17/h8,10,12-14H,7,9H2,1-6H3/t10-,12+,13+,14+,17-/m0/s1. The van der Waals surface area contributed by atoms with E-state index in [2.05, 4.69) is 69.5 Å². The summed E-state index contributed by atoms with van der Waals surface area (Å²) in [7, 11) is -1.84. The quantitative estimate of drug-likeness (QED) is 0.360. The summed E-state index contributed by atoms with van der Waals surface area (Å²) in [4.78, 5) is 12.4. The van der Waals surface area contributed by atoms with E-state index in [1.165, 1.54) is 3.58 Å². The van der Waals surface area contributed by atoms with E-state index in [9.17, 15) is 4.79 Å². The zero-order valence-corrected chi connectivity index (χ0v) is 17.6. The average Bonchev–Trinajstić information content (AvgIpc) is 2.55. The van der Waals surface area contributed by atoms with Gasteiger partial charge in [-0.05, 0) is 57.6 Å². The van der Waals surface area contributed by atoms with Gasteiger partial charge < -0.3 is 9.16 Å². The number of hydrogen-bond acceptors (Lipinski definition) is 3. The number of rotatable bonds is 2. The van der Waals surface area contributed by atoms with Crippen LogP contribution in [0, 0.1) is 17.8 Å². The van der Waals surface area contributed by atoms with E-state index in [1.807, 2.05) is 0 Å². The zero-order valence-electron chi connectivity index (χ0n) is 14.4. The van der Waals surface area contributed by atoms with Crippen molar-refractivity contribution in [2.75, 3.05) is 0 Å². The number of allylic oxidation sites excluding steroid dienone is 1. The van der Waals surface area contributed by atoms with E-state index in [0.717, 1.165) is 12.8 Å². The predicted octanol–water partition coefficient (Wildman–Crippen LogP) is 4.67. The minimum atomic E-state index is -1.84. The lowest BCUT2D eigenvalue weighted by Gasteiger charge is -2.45. The fourth-order valence-corrected chi connectivity index (χ4v) is 6.79. The van der Waals surface area contributed by atoms with Crippen molar-refractivity contribution in [3.05, 3.63) is 9.66 Å². The molecule has 0 N–H and O–H groups in total. The van der Waals surface area contributed by atoms with Gasteiger partial charge >= 0.3 is 5.97 Å². The predicted molar refractivity (Wildman–Crippen MR) is 98.4 cm³/mol. The van der Waals surface area contributed by atoms with Gasteiger partial charge in [-0.15, -0.1) is 0 Å². The van der Waals surface area contributed by atoms with Gasteiger partial charge in [0.15, 0.2) is 8.32 Å². The van der Waals surface area contributed by atoms with Crippen molar-refractivity contribution in [2.24, 2.45) is 17.8 Å². The highest BCUT2D eigenvalue weighted by atomic mass is 127. The van der Waals surface area contributed by atoms with Crippen LogP contribution in [0.4, 0.5) is 0 Å². The molecule has 124 valence electrons. The van der Waals surface area contributed by atoms with Crippen LogP contribution in [0.25, 0.3) is 0 Å². The Morgan fingerprint density at radius 2 is 2.05 bits per heavy atom. The highest BCUT2D eigenvalue weighted by molar-refractivity contribution is 14.1. The summed E-state index contributed by atoms with van der Waals surface area (Å²) in [5.74, 6) is 0.621. The monoisotopic (exact) mass is 434 g/mol. The Labute approximate surface area is 148 Å². The van der Waals surface area contributed by atoms with Crippen molar-refractivity contribution in [3.8, 4) is 0 Å². The molecule has 22 heavy (non-hydrogen) atoms. The Hall–Kier alpha value is 0.117. The molecule has 3 rings (SSSR count). The Morgan fingerprint density at radius 3 is 2.64 bits per heavy atom. The van der Waals surface area contributed by atoms with E-state index in [-0.39, 0.29) is 28.6 Å². The summed E-state index contributed by atoms with van der Waals surface area (Å²) in [5, 5.41) is 0.188. The van der Waals surface area contributed by atoms with E-state index >= 15 is 0 Å². The first-order chi connectivity index (χ1) is 9.96. The van der Waals surface area contributed by atoms with Crippen LogP contribution in [0.2, 0.25) is 18.1 Å². The molecular weight excluding hydrogens is 407 g/mol. The molecule has 0 aromatic rings. The second-order valence-electron chi connectivity index (χ2n) is 8.84. The molecule has 5 heteroatoms. The van der Waals surface area contributed by atoms with Gasteiger partial charge in [0.25, 0.3) is 0 Å². The van der Waals surface area contributed by atoms with Crippen LogP contribution in [0.15, 0.2) is 9.66 Å². The number of hydrogen-bond donors (Lipinski definition) is 0. The summed E-state index contributed by atoms with van der Waals surface area (Å²) >= 11 is 2.44. The molecule has 1 aliphatic heterocycles. The minimum absolute atomic E-state index is 0.00569. The van der Waals surface area contributed by atoms with Gasteiger partial charge in [0.1, 0.15) is 5.60 Å². The topological polar surface area (TPSA) is 35.5 Å². The third-order valence-electron chi connectivity index (χ3n) is 6.30. The molecule has 0 aromatic heterocycles. The number of carbonyl (C=O) groups excluding carboxylic acids is 1. The van der Waals surface area contributed by atoms with Crippen molar-refractivity contribution < 1.29 is 14.0 Å². The SMILES string of the molecule is CC(C)(C)[Si](C)(C)O[C@@H]1C[C@]2(C)OC(=O)[C@H]3CC=C(I)[C@@H]2[C@H]31. The van der Waals surface area contributed by atoms with Gasteiger partial charge in [-0.3, -0.25) is 4.79 Å². The number of esters is 1. The van der Waals surface area contributed by atoms with Crippen LogP contribution in [0.3, 0.4) is 0 Å². The van der Waals surface area contributed by atoms with E-state index in [1.54, 1.807) is 0 Å².